The smallest absolute Gasteiger partial charge is 0.323 e. The summed E-state index contributed by atoms with van der Waals surface area (Å²) in [6.45, 7) is 8.69. The predicted molar refractivity (Wildman–Crippen MR) is 62.8 cm³/mol. The molecule has 2 atom stereocenters. The molecular weight excluding hydrogens is 190 g/mol. The van der Waals surface area contributed by atoms with E-state index in [2.05, 4.69) is 25.7 Å². The van der Waals surface area contributed by atoms with Gasteiger partial charge in [0.2, 0.25) is 0 Å². The highest BCUT2D eigenvalue weighted by Gasteiger charge is 2.25. The molecule has 0 fully saturated rings. The number of ether oxygens (including phenoxy) is 1. The first-order chi connectivity index (χ1) is 7.08. The Bertz CT molecular complexity index is 182. The van der Waals surface area contributed by atoms with Crippen molar-refractivity contribution in [1.29, 1.82) is 0 Å². The summed E-state index contributed by atoms with van der Waals surface area (Å²) in [4.78, 5) is 13.9. The SMILES string of the molecule is CCCC(C(=O)OCC)N(C)C(C)CC. The van der Waals surface area contributed by atoms with Crippen molar-refractivity contribution in [1.82, 2.24) is 4.90 Å². The molecule has 0 aliphatic carbocycles. The minimum atomic E-state index is -0.0813. The molecule has 0 aliphatic rings. The molecule has 0 aromatic carbocycles. The van der Waals surface area contributed by atoms with Crippen LogP contribution >= 0.6 is 0 Å². The van der Waals surface area contributed by atoms with Crippen molar-refractivity contribution in [2.24, 2.45) is 0 Å². The second-order valence-corrected chi connectivity index (χ2v) is 3.98. The highest BCUT2D eigenvalue weighted by molar-refractivity contribution is 5.75. The van der Waals surface area contributed by atoms with Gasteiger partial charge in [-0.05, 0) is 33.7 Å². The number of esters is 1. The molecule has 0 rings (SSSR count). The molecule has 0 aliphatic heterocycles. The maximum absolute atomic E-state index is 11.7. The first kappa shape index (κ1) is 14.4. The van der Waals surface area contributed by atoms with Gasteiger partial charge in [-0.1, -0.05) is 20.3 Å². The van der Waals surface area contributed by atoms with Crippen LogP contribution in [0.1, 0.15) is 47.0 Å². The van der Waals surface area contributed by atoms with Gasteiger partial charge < -0.3 is 4.74 Å². The van der Waals surface area contributed by atoms with Crippen LogP contribution in [0.3, 0.4) is 0 Å². The van der Waals surface area contributed by atoms with E-state index in [1.165, 1.54) is 0 Å². The van der Waals surface area contributed by atoms with Gasteiger partial charge in [-0.3, -0.25) is 9.69 Å². The third-order valence-electron chi connectivity index (χ3n) is 2.90. The maximum Gasteiger partial charge on any atom is 0.323 e. The topological polar surface area (TPSA) is 29.5 Å². The normalized spacial score (nSPS) is 15.1. The molecule has 90 valence electrons. The quantitative estimate of drug-likeness (QED) is 0.611. The van der Waals surface area contributed by atoms with Gasteiger partial charge in [0, 0.05) is 6.04 Å². The number of carbonyl (C=O) groups excluding carboxylic acids is 1. The van der Waals surface area contributed by atoms with Gasteiger partial charge in [-0.25, -0.2) is 0 Å². The van der Waals surface area contributed by atoms with Gasteiger partial charge >= 0.3 is 5.97 Å². The Morgan fingerprint density at radius 2 is 1.93 bits per heavy atom. The molecule has 0 radical (unpaired) electrons. The van der Waals surface area contributed by atoms with Crippen molar-refractivity contribution in [2.45, 2.75) is 59.0 Å². The van der Waals surface area contributed by atoms with Gasteiger partial charge in [0.15, 0.2) is 0 Å². The van der Waals surface area contributed by atoms with Crippen molar-refractivity contribution < 1.29 is 9.53 Å². The van der Waals surface area contributed by atoms with Crippen LogP contribution in [0, 0.1) is 0 Å². The largest absolute Gasteiger partial charge is 0.465 e. The summed E-state index contributed by atoms with van der Waals surface area (Å²) in [5, 5.41) is 0. The molecule has 0 amide bonds. The highest BCUT2D eigenvalue weighted by Crippen LogP contribution is 2.12. The lowest BCUT2D eigenvalue weighted by atomic mass is 10.1. The third-order valence-corrected chi connectivity index (χ3v) is 2.90. The van der Waals surface area contributed by atoms with Crippen molar-refractivity contribution in [2.75, 3.05) is 13.7 Å². The average Bonchev–Trinajstić information content (AvgIpc) is 2.24. The monoisotopic (exact) mass is 215 g/mol. The average molecular weight is 215 g/mol. The Hall–Kier alpha value is -0.570. The minimum absolute atomic E-state index is 0.0788. The zero-order valence-corrected chi connectivity index (χ0v) is 10.7. The number of hydrogen-bond donors (Lipinski definition) is 0. The molecule has 2 unspecified atom stereocenters. The summed E-state index contributed by atoms with van der Waals surface area (Å²) in [5.74, 6) is -0.0813. The Morgan fingerprint density at radius 1 is 1.33 bits per heavy atom. The molecule has 0 aromatic heterocycles. The van der Waals surface area contributed by atoms with Crippen molar-refractivity contribution in [3.63, 3.8) is 0 Å². The second-order valence-electron chi connectivity index (χ2n) is 3.98. The number of likely N-dealkylation sites (N-methyl/N-ethyl adjacent to an activating group) is 1. The number of hydrogen-bond acceptors (Lipinski definition) is 3. The van der Waals surface area contributed by atoms with Crippen LogP contribution in [0.5, 0.6) is 0 Å². The van der Waals surface area contributed by atoms with Crippen LogP contribution in [-0.4, -0.2) is 36.6 Å². The minimum Gasteiger partial charge on any atom is -0.465 e. The van der Waals surface area contributed by atoms with Gasteiger partial charge in [-0.15, -0.1) is 0 Å². The maximum atomic E-state index is 11.7. The van der Waals surface area contributed by atoms with Crippen LogP contribution in [0.15, 0.2) is 0 Å². The standard InChI is InChI=1S/C12H25NO2/c1-6-9-11(12(14)15-8-3)13(5)10(4)7-2/h10-11H,6-9H2,1-5H3. The number of nitrogens with zero attached hydrogens (tertiary/aromatic N) is 1. The Morgan fingerprint density at radius 3 is 2.33 bits per heavy atom. The predicted octanol–water partition coefficient (Wildman–Crippen LogP) is 2.45. The summed E-state index contributed by atoms with van der Waals surface area (Å²) < 4.78 is 5.09. The Balaban J connectivity index is 4.42. The molecule has 0 bridgehead atoms. The fourth-order valence-electron chi connectivity index (χ4n) is 1.59. The molecule has 0 heterocycles. The molecule has 3 heteroatoms. The molecule has 0 aromatic rings. The van der Waals surface area contributed by atoms with Gasteiger partial charge in [0.1, 0.15) is 6.04 Å². The summed E-state index contributed by atoms with van der Waals surface area (Å²) in [6.07, 6.45) is 2.93. The number of carbonyl (C=O) groups is 1. The van der Waals surface area contributed by atoms with E-state index in [0.717, 1.165) is 19.3 Å². The van der Waals surface area contributed by atoms with E-state index in [1.54, 1.807) is 0 Å². The Labute approximate surface area is 93.8 Å². The van der Waals surface area contributed by atoms with Crippen LogP contribution in [0.25, 0.3) is 0 Å². The molecule has 0 spiro atoms. The molecular formula is C12H25NO2. The fourth-order valence-corrected chi connectivity index (χ4v) is 1.59. The van der Waals surface area contributed by atoms with Crippen molar-refractivity contribution in [3.05, 3.63) is 0 Å². The summed E-state index contributed by atoms with van der Waals surface area (Å²) >= 11 is 0. The van der Waals surface area contributed by atoms with Gasteiger partial charge in [0.25, 0.3) is 0 Å². The molecule has 3 nitrogen and oxygen atoms in total. The second kappa shape index (κ2) is 7.69. The van der Waals surface area contributed by atoms with E-state index in [4.69, 9.17) is 4.74 Å². The van der Waals surface area contributed by atoms with Crippen LogP contribution in [0.2, 0.25) is 0 Å². The zero-order chi connectivity index (χ0) is 11.8. The zero-order valence-electron chi connectivity index (χ0n) is 10.7. The van der Waals surface area contributed by atoms with E-state index in [1.807, 2.05) is 14.0 Å². The van der Waals surface area contributed by atoms with E-state index in [-0.39, 0.29) is 12.0 Å². The van der Waals surface area contributed by atoms with E-state index in [0.29, 0.717) is 12.6 Å². The lowest BCUT2D eigenvalue weighted by molar-refractivity contribution is -0.150. The Kier molecular flexibility index (Phi) is 7.39. The third kappa shape index (κ3) is 4.65. The van der Waals surface area contributed by atoms with Crippen LogP contribution in [-0.2, 0) is 9.53 Å². The van der Waals surface area contributed by atoms with Crippen molar-refractivity contribution in [3.8, 4) is 0 Å². The molecule has 0 N–H and O–H groups in total. The summed E-state index contributed by atoms with van der Waals surface area (Å²) in [5.41, 5.74) is 0. The van der Waals surface area contributed by atoms with Crippen LogP contribution < -0.4 is 0 Å². The molecule has 0 saturated heterocycles. The first-order valence-electron chi connectivity index (χ1n) is 5.96. The first-order valence-corrected chi connectivity index (χ1v) is 5.96. The fraction of sp³-hybridized carbons (Fsp3) is 0.917. The summed E-state index contributed by atoms with van der Waals surface area (Å²) in [6, 6.07) is 0.343. The van der Waals surface area contributed by atoms with E-state index >= 15 is 0 Å². The lowest BCUT2D eigenvalue weighted by Gasteiger charge is -2.30. The van der Waals surface area contributed by atoms with Gasteiger partial charge in [0.05, 0.1) is 6.61 Å². The van der Waals surface area contributed by atoms with Gasteiger partial charge in [-0.2, -0.15) is 0 Å². The van der Waals surface area contributed by atoms with Crippen LogP contribution in [0.4, 0.5) is 0 Å². The van der Waals surface area contributed by atoms with Crippen molar-refractivity contribution >= 4 is 5.97 Å². The van der Waals surface area contributed by atoms with E-state index in [9.17, 15) is 4.79 Å². The van der Waals surface area contributed by atoms with E-state index < -0.39 is 0 Å². The number of rotatable bonds is 7. The highest BCUT2D eigenvalue weighted by atomic mass is 16.5. The molecule has 0 saturated carbocycles. The summed E-state index contributed by atoms with van der Waals surface area (Å²) in [7, 11) is 2.01. The lowest BCUT2D eigenvalue weighted by Crippen LogP contribution is -2.44. The molecule has 15 heavy (non-hydrogen) atoms.